The molecule has 1 unspecified atom stereocenters. The Morgan fingerprint density at radius 2 is 1.54 bits per heavy atom. The van der Waals surface area contributed by atoms with Gasteiger partial charge in [0.05, 0.1) is 20.3 Å². The molecule has 0 heterocycles. The van der Waals surface area contributed by atoms with Gasteiger partial charge in [-0.15, -0.1) is 0 Å². The summed E-state index contributed by atoms with van der Waals surface area (Å²) < 4.78 is 16.3. The smallest absolute Gasteiger partial charge is 0.341 e. The van der Waals surface area contributed by atoms with Gasteiger partial charge in [-0.3, -0.25) is 0 Å². The molecular weight excluding hydrogens is 444 g/mol. The topological polar surface area (TPSA) is 85.2 Å². The highest BCUT2D eigenvalue weighted by atomic mass is 16.5. The van der Waals surface area contributed by atoms with Crippen LogP contribution in [0.2, 0.25) is 0 Å². The summed E-state index contributed by atoms with van der Waals surface area (Å²) in [7, 11) is 3.23. The first-order chi connectivity index (χ1) is 16.9. The second-order valence-corrected chi connectivity index (χ2v) is 8.66. The molecule has 0 saturated heterocycles. The first kappa shape index (κ1) is 26.1. The molecular formula is C29H34O6. The van der Waals surface area contributed by atoms with Crippen molar-refractivity contribution in [1.82, 2.24) is 0 Å². The van der Waals surface area contributed by atoms with Crippen molar-refractivity contribution in [3.05, 3.63) is 89.0 Å². The highest BCUT2D eigenvalue weighted by Crippen LogP contribution is 2.36. The molecule has 0 aliphatic rings. The fraction of sp³-hybridized carbons (Fsp3) is 0.345. The average Bonchev–Trinajstić information content (AvgIpc) is 2.88. The molecule has 2 N–H and O–H groups in total. The lowest BCUT2D eigenvalue weighted by Gasteiger charge is -2.25. The quantitative estimate of drug-likeness (QED) is 0.343. The van der Waals surface area contributed by atoms with Crippen molar-refractivity contribution in [2.75, 3.05) is 20.8 Å². The summed E-state index contributed by atoms with van der Waals surface area (Å²) in [4.78, 5) is 10.7. The number of carboxylic acid groups (broad SMARTS) is 1. The molecule has 3 rings (SSSR count). The van der Waals surface area contributed by atoms with Crippen molar-refractivity contribution in [2.24, 2.45) is 5.92 Å². The molecule has 6 nitrogen and oxygen atoms in total. The van der Waals surface area contributed by atoms with Crippen LogP contribution < -0.4 is 14.2 Å². The van der Waals surface area contributed by atoms with Gasteiger partial charge in [0.2, 0.25) is 0 Å². The van der Waals surface area contributed by atoms with Crippen molar-refractivity contribution in [3.63, 3.8) is 0 Å². The maximum atomic E-state index is 11.5. The SMILES string of the molecule is COc1cc(C(O)[C@H](CCCc2ccccc2)Cc2ccc(OCC(=O)O)cc2)cc(OC)c1C. The molecule has 0 aromatic heterocycles. The summed E-state index contributed by atoms with van der Waals surface area (Å²) in [5.74, 6) is 0.814. The van der Waals surface area contributed by atoms with Crippen molar-refractivity contribution in [2.45, 2.75) is 38.7 Å². The van der Waals surface area contributed by atoms with Crippen LogP contribution in [0.1, 0.15) is 41.2 Å². The molecule has 0 fully saturated rings. The van der Waals surface area contributed by atoms with E-state index in [0.29, 0.717) is 23.7 Å². The summed E-state index contributed by atoms with van der Waals surface area (Å²) in [5.41, 5.74) is 3.97. The lowest BCUT2D eigenvalue weighted by molar-refractivity contribution is -0.139. The first-order valence-corrected chi connectivity index (χ1v) is 11.8. The minimum atomic E-state index is -1.01. The summed E-state index contributed by atoms with van der Waals surface area (Å²) in [6.07, 6.45) is 2.65. The highest BCUT2D eigenvalue weighted by molar-refractivity contribution is 5.68. The van der Waals surface area contributed by atoms with Gasteiger partial charge in [-0.1, -0.05) is 42.5 Å². The van der Waals surface area contributed by atoms with Crippen molar-refractivity contribution < 1.29 is 29.2 Å². The summed E-state index contributed by atoms with van der Waals surface area (Å²) >= 11 is 0. The molecule has 0 aliphatic heterocycles. The number of aliphatic carboxylic acids is 1. The zero-order valence-corrected chi connectivity index (χ0v) is 20.6. The number of benzene rings is 3. The maximum absolute atomic E-state index is 11.5. The number of aliphatic hydroxyl groups excluding tert-OH is 1. The van der Waals surface area contributed by atoms with E-state index < -0.39 is 12.1 Å². The van der Waals surface area contributed by atoms with Crippen LogP contribution in [0.5, 0.6) is 17.2 Å². The minimum absolute atomic E-state index is 0.0402. The Balaban J connectivity index is 1.79. The number of aryl methyl sites for hydroxylation is 1. The average molecular weight is 479 g/mol. The Bertz CT molecular complexity index is 1050. The fourth-order valence-electron chi connectivity index (χ4n) is 4.30. The van der Waals surface area contributed by atoms with Crippen molar-refractivity contribution in [1.29, 1.82) is 0 Å². The van der Waals surface area contributed by atoms with E-state index in [1.165, 1.54) is 5.56 Å². The van der Waals surface area contributed by atoms with Crippen LogP contribution in [-0.2, 0) is 17.6 Å². The Kier molecular flexibility index (Phi) is 9.56. The van der Waals surface area contributed by atoms with Gasteiger partial charge in [-0.05, 0) is 79.5 Å². The van der Waals surface area contributed by atoms with Gasteiger partial charge in [0.15, 0.2) is 6.61 Å². The van der Waals surface area contributed by atoms with Crippen LogP contribution in [0.15, 0.2) is 66.7 Å². The molecule has 186 valence electrons. The Morgan fingerprint density at radius 3 is 2.11 bits per heavy atom. The second kappa shape index (κ2) is 12.8. The molecule has 0 aliphatic carbocycles. The van der Waals surface area contributed by atoms with E-state index in [1.807, 2.05) is 49.4 Å². The minimum Gasteiger partial charge on any atom is -0.496 e. The standard InChI is InChI=1S/C29H34O6/c1-20-26(33-2)17-24(18-27(20)34-3)29(32)23(11-7-10-21-8-5-4-6-9-21)16-22-12-14-25(15-13-22)35-19-28(30)31/h4-6,8-9,12-15,17-18,23,29,32H,7,10-11,16,19H2,1-3H3,(H,30,31)/t23-,29?/m1/s1. The van der Waals surface area contributed by atoms with Gasteiger partial charge in [0.25, 0.3) is 0 Å². The third kappa shape index (κ3) is 7.49. The number of methoxy groups -OCH3 is 2. The molecule has 2 atom stereocenters. The highest BCUT2D eigenvalue weighted by Gasteiger charge is 2.24. The lowest BCUT2D eigenvalue weighted by Crippen LogP contribution is -2.17. The predicted octanol–water partition coefficient (Wildman–Crippen LogP) is 5.39. The van der Waals surface area contributed by atoms with E-state index in [-0.39, 0.29) is 12.5 Å². The van der Waals surface area contributed by atoms with Crippen LogP contribution in [0, 0.1) is 12.8 Å². The van der Waals surface area contributed by atoms with Gasteiger partial charge in [0.1, 0.15) is 17.2 Å². The number of rotatable bonds is 13. The molecule has 0 radical (unpaired) electrons. The molecule has 6 heteroatoms. The molecule has 3 aromatic rings. The van der Waals surface area contributed by atoms with Crippen LogP contribution in [-0.4, -0.2) is 37.0 Å². The Morgan fingerprint density at radius 1 is 0.914 bits per heavy atom. The number of hydrogen-bond acceptors (Lipinski definition) is 5. The molecule has 0 spiro atoms. The van der Waals surface area contributed by atoms with Crippen LogP contribution in [0.3, 0.4) is 0 Å². The Labute approximate surface area is 207 Å². The molecule has 0 bridgehead atoms. The van der Waals surface area contributed by atoms with Gasteiger partial charge in [-0.2, -0.15) is 0 Å². The van der Waals surface area contributed by atoms with Crippen LogP contribution >= 0.6 is 0 Å². The Hall–Kier alpha value is -3.51. The zero-order chi connectivity index (χ0) is 25.2. The molecule has 35 heavy (non-hydrogen) atoms. The van der Waals surface area contributed by atoms with E-state index >= 15 is 0 Å². The maximum Gasteiger partial charge on any atom is 0.341 e. The van der Waals surface area contributed by atoms with Gasteiger partial charge >= 0.3 is 5.97 Å². The van der Waals surface area contributed by atoms with E-state index in [4.69, 9.17) is 19.3 Å². The van der Waals surface area contributed by atoms with E-state index in [1.54, 1.807) is 26.4 Å². The zero-order valence-electron chi connectivity index (χ0n) is 20.6. The van der Waals surface area contributed by atoms with Crippen LogP contribution in [0.25, 0.3) is 0 Å². The van der Waals surface area contributed by atoms with Crippen molar-refractivity contribution in [3.8, 4) is 17.2 Å². The van der Waals surface area contributed by atoms with Gasteiger partial charge < -0.3 is 24.4 Å². The summed E-state index contributed by atoms with van der Waals surface area (Å²) in [5, 5.41) is 20.3. The van der Waals surface area contributed by atoms with Gasteiger partial charge in [0, 0.05) is 5.56 Å². The monoisotopic (exact) mass is 478 g/mol. The largest absolute Gasteiger partial charge is 0.496 e. The fourth-order valence-corrected chi connectivity index (χ4v) is 4.30. The number of ether oxygens (including phenoxy) is 3. The third-order valence-electron chi connectivity index (χ3n) is 6.23. The normalized spacial score (nSPS) is 12.6. The van der Waals surface area contributed by atoms with E-state index in [9.17, 15) is 9.90 Å². The second-order valence-electron chi connectivity index (χ2n) is 8.66. The van der Waals surface area contributed by atoms with Crippen LogP contribution in [0.4, 0.5) is 0 Å². The number of aliphatic hydroxyl groups is 1. The van der Waals surface area contributed by atoms with E-state index in [0.717, 1.165) is 36.0 Å². The van der Waals surface area contributed by atoms with Crippen molar-refractivity contribution >= 4 is 5.97 Å². The molecule has 0 saturated carbocycles. The summed E-state index contributed by atoms with van der Waals surface area (Å²) in [6, 6.07) is 21.5. The first-order valence-electron chi connectivity index (χ1n) is 11.8. The van der Waals surface area contributed by atoms with Gasteiger partial charge in [-0.25, -0.2) is 4.79 Å². The summed E-state index contributed by atoms with van der Waals surface area (Å²) in [6.45, 7) is 1.55. The number of hydrogen-bond donors (Lipinski definition) is 2. The predicted molar refractivity (Wildman–Crippen MR) is 135 cm³/mol. The number of carboxylic acids is 1. The molecule has 0 amide bonds. The number of carbonyl (C=O) groups is 1. The lowest BCUT2D eigenvalue weighted by atomic mass is 9.85. The third-order valence-corrected chi connectivity index (χ3v) is 6.23. The van der Waals surface area contributed by atoms with E-state index in [2.05, 4.69) is 12.1 Å². The molecule has 3 aromatic carbocycles.